The van der Waals surface area contributed by atoms with Gasteiger partial charge in [-0.1, -0.05) is 0 Å². The van der Waals surface area contributed by atoms with Crippen molar-refractivity contribution in [2.45, 2.75) is 6.92 Å². The number of benzene rings is 2. The molecule has 1 fully saturated rings. The van der Waals surface area contributed by atoms with Crippen LogP contribution in [-0.4, -0.2) is 57.5 Å². The van der Waals surface area contributed by atoms with Crippen molar-refractivity contribution in [1.82, 2.24) is 4.90 Å². The van der Waals surface area contributed by atoms with Crippen molar-refractivity contribution in [3.63, 3.8) is 0 Å². The Bertz CT molecular complexity index is 836. The minimum atomic E-state index is 0.745. The highest BCUT2D eigenvalue weighted by molar-refractivity contribution is 7.80. The van der Waals surface area contributed by atoms with E-state index in [1.54, 1.807) is 21.3 Å². The number of nitrogens with one attached hydrogen (secondary N) is 1. The van der Waals surface area contributed by atoms with Crippen LogP contribution in [-0.2, 0) is 0 Å². The molecule has 28 heavy (non-hydrogen) atoms. The standard InChI is InChI=1S/C21H27N3O3S/c1-15-13-16(25-2)5-7-18(15)22-21(28)24-11-9-23(10-12-24)19-8-6-17(26-3)14-20(19)27-4/h5-8,13-14H,9-12H2,1-4H3,(H,22,28). The first-order chi connectivity index (χ1) is 13.5. The van der Waals surface area contributed by atoms with Crippen LogP contribution in [0.15, 0.2) is 36.4 Å². The summed E-state index contributed by atoms with van der Waals surface area (Å²) >= 11 is 5.64. The van der Waals surface area contributed by atoms with E-state index in [9.17, 15) is 0 Å². The Kier molecular flexibility index (Phi) is 6.46. The van der Waals surface area contributed by atoms with Crippen molar-refractivity contribution in [2.24, 2.45) is 0 Å². The van der Waals surface area contributed by atoms with Gasteiger partial charge in [0.05, 0.1) is 27.0 Å². The molecule has 150 valence electrons. The first kappa shape index (κ1) is 20.1. The molecule has 0 unspecified atom stereocenters. The van der Waals surface area contributed by atoms with Gasteiger partial charge in [-0.3, -0.25) is 0 Å². The highest BCUT2D eigenvalue weighted by atomic mass is 32.1. The average Bonchev–Trinajstić information content (AvgIpc) is 2.74. The molecule has 0 bridgehead atoms. The van der Waals surface area contributed by atoms with Crippen molar-refractivity contribution in [3.8, 4) is 17.2 Å². The van der Waals surface area contributed by atoms with Crippen LogP contribution >= 0.6 is 12.2 Å². The molecule has 7 heteroatoms. The summed E-state index contributed by atoms with van der Waals surface area (Å²) in [5.41, 5.74) is 3.18. The first-order valence-electron chi connectivity index (χ1n) is 9.23. The van der Waals surface area contributed by atoms with Crippen LogP contribution in [0.1, 0.15) is 5.56 Å². The predicted molar refractivity (Wildman–Crippen MR) is 117 cm³/mol. The van der Waals surface area contributed by atoms with Gasteiger partial charge in [0.15, 0.2) is 5.11 Å². The smallest absolute Gasteiger partial charge is 0.173 e. The average molecular weight is 402 g/mol. The van der Waals surface area contributed by atoms with Crippen LogP contribution in [0.4, 0.5) is 11.4 Å². The number of thiocarbonyl (C=S) groups is 1. The zero-order valence-electron chi connectivity index (χ0n) is 16.8. The third-order valence-corrected chi connectivity index (χ3v) is 5.33. The number of nitrogens with zero attached hydrogens (tertiary/aromatic N) is 2. The Balaban J connectivity index is 1.61. The monoisotopic (exact) mass is 401 g/mol. The van der Waals surface area contributed by atoms with Crippen molar-refractivity contribution in [2.75, 3.05) is 57.7 Å². The second-order valence-electron chi connectivity index (χ2n) is 6.62. The summed E-state index contributed by atoms with van der Waals surface area (Å²) in [5.74, 6) is 2.46. The molecule has 0 aliphatic carbocycles. The van der Waals surface area contributed by atoms with Gasteiger partial charge in [0, 0.05) is 37.9 Å². The van der Waals surface area contributed by atoms with E-state index in [-0.39, 0.29) is 0 Å². The van der Waals surface area contributed by atoms with E-state index in [0.717, 1.165) is 65.5 Å². The lowest BCUT2D eigenvalue weighted by atomic mass is 10.2. The summed E-state index contributed by atoms with van der Waals surface area (Å²) in [5, 5.41) is 4.11. The molecular formula is C21H27N3O3S. The predicted octanol–water partition coefficient (Wildman–Crippen LogP) is 3.54. The Hall–Kier alpha value is -2.67. The quantitative estimate of drug-likeness (QED) is 0.769. The third kappa shape index (κ3) is 4.42. The third-order valence-electron chi connectivity index (χ3n) is 4.97. The number of piperazine rings is 1. The van der Waals surface area contributed by atoms with E-state index >= 15 is 0 Å². The van der Waals surface area contributed by atoms with Gasteiger partial charge in [0.25, 0.3) is 0 Å². The SMILES string of the molecule is COc1ccc(NC(=S)N2CCN(c3ccc(OC)cc3OC)CC2)c(C)c1. The summed E-state index contributed by atoms with van der Waals surface area (Å²) in [6.07, 6.45) is 0. The molecule has 0 aromatic heterocycles. The minimum Gasteiger partial charge on any atom is -0.497 e. The highest BCUT2D eigenvalue weighted by Crippen LogP contribution is 2.32. The fourth-order valence-electron chi connectivity index (χ4n) is 3.29. The molecule has 0 amide bonds. The van der Waals surface area contributed by atoms with Gasteiger partial charge in [0.1, 0.15) is 17.2 Å². The van der Waals surface area contributed by atoms with Crippen LogP contribution in [0.25, 0.3) is 0 Å². The molecule has 0 saturated carbocycles. The van der Waals surface area contributed by atoms with E-state index in [1.165, 1.54) is 0 Å². The summed E-state index contributed by atoms with van der Waals surface area (Å²) in [6, 6.07) is 11.9. The largest absolute Gasteiger partial charge is 0.497 e. The number of hydrogen-bond donors (Lipinski definition) is 1. The molecule has 0 radical (unpaired) electrons. The molecule has 6 nitrogen and oxygen atoms in total. The van der Waals surface area contributed by atoms with Crippen molar-refractivity contribution in [1.29, 1.82) is 0 Å². The maximum atomic E-state index is 5.64. The van der Waals surface area contributed by atoms with Crippen LogP contribution in [0.5, 0.6) is 17.2 Å². The number of rotatable bonds is 5. The Morgan fingerprint density at radius 2 is 1.54 bits per heavy atom. The fraction of sp³-hybridized carbons (Fsp3) is 0.381. The summed E-state index contributed by atoms with van der Waals surface area (Å²) in [7, 11) is 5.01. The molecule has 0 spiro atoms. The molecule has 1 aliphatic rings. The summed E-state index contributed by atoms with van der Waals surface area (Å²) in [4.78, 5) is 4.52. The lowest BCUT2D eigenvalue weighted by Gasteiger charge is -2.38. The number of anilines is 2. The molecule has 2 aromatic rings. The van der Waals surface area contributed by atoms with Crippen molar-refractivity contribution >= 4 is 28.7 Å². The summed E-state index contributed by atoms with van der Waals surface area (Å²) < 4.78 is 16.1. The maximum Gasteiger partial charge on any atom is 0.173 e. The number of methoxy groups -OCH3 is 3. The maximum absolute atomic E-state index is 5.64. The Morgan fingerprint density at radius 3 is 2.14 bits per heavy atom. The van der Waals surface area contributed by atoms with E-state index in [0.29, 0.717) is 0 Å². The van der Waals surface area contributed by atoms with Gasteiger partial charge < -0.3 is 29.3 Å². The van der Waals surface area contributed by atoms with Gasteiger partial charge >= 0.3 is 0 Å². The Morgan fingerprint density at radius 1 is 0.893 bits per heavy atom. The van der Waals surface area contributed by atoms with E-state index < -0.39 is 0 Å². The van der Waals surface area contributed by atoms with Gasteiger partial charge in [-0.15, -0.1) is 0 Å². The highest BCUT2D eigenvalue weighted by Gasteiger charge is 2.22. The van der Waals surface area contributed by atoms with Gasteiger partial charge in [-0.05, 0) is 55.0 Å². The van der Waals surface area contributed by atoms with Crippen LogP contribution in [0.3, 0.4) is 0 Å². The number of hydrogen-bond acceptors (Lipinski definition) is 5. The van der Waals surface area contributed by atoms with E-state index in [4.69, 9.17) is 26.4 Å². The zero-order chi connectivity index (χ0) is 20.1. The van der Waals surface area contributed by atoms with Gasteiger partial charge in [-0.25, -0.2) is 0 Å². The lowest BCUT2D eigenvalue weighted by molar-refractivity contribution is 0.377. The molecule has 1 saturated heterocycles. The molecule has 1 heterocycles. The number of ether oxygens (including phenoxy) is 3. The summed E-state index contributed by atoms with van der Waals surface area (Å²) in [6.45, 7) is 5.46. The molecule has 3 rings (SSSR count). The number of aryl methyl sites for hydroxylation is 1. The Labute approximate surface area is 172 Å². The van der Waals surface area contributed by atoms with Gasteiger partial charge in [-0.2, -0.15) is 0 Å². The van der Waals surface area contributed by atoms with Crippen molar-refractivity contribution in [3.05, 3.63) is 42.0 Å². The van der Waals surface area contributed by atoms with Crippen LogP contribution < -0.4 is 24.4 Å². The van der Waals surface area contributed by atoms with E-state index in [1.807, 2.05) is 43.3 Å². The lowest BCUT2D eigenvalue weighted by Crippen LogP contribution is -2.50. The minimum absolute atomic E-state index is 0.745. The van der Waals surface area contributed by atoms with Crippen LogP contribution in [0, 0.1) is 6.92 Å². The second-order valence-corrected chi connectivity index (χ2v) is 7.01. The molecule has 1 N–H and O–H groups in total. The fourth-order valence-corrected chi connectivity index (χ4v) is 3.59. The normalized spacial score (nSPS) is 13.9. The molecular weight excluding hydrogens is 374 g/mol. The zero-order valence-corrected chi connectivity index (χ0v) is 17.6. The first-order valence-corrected chi connectivity index (χ1v) is 9.64. The van der Waals surface area contributed by atoms with Crippen LogP contribution in [0.2, 0.25) is 0 Å². The molecule has 0 atom stereocenters. The molecule has 2 aromatic carbocycles. The van der Waals surface area contributed by atoms with Crippen molar-refractivity contribution < 1.29 is 14.2 Å². The molecule has 1 aliphatic heterocycles. The van der Waals surface area contributed by atoms with E-state index in [2.05, 4.69) is 15.1 Å². The second kappa shape index (κ2) is 9.01. The van der Waals surface area contributed by atoms with Gasteiger partial charge in [0.2, 0.25) is 0 Å². The topological polar surface area (TPSA) is 46.2 Å².